The summed E-state index contributed by atoms with van der Waals surface area (Å²) in [5.41, 5.74) is 2.86. The molecule has 0 saturated heterocycles. The average Bonchev–Trinajstić information content (AvgIpc) is 2.45. The average molecular weight is 265 g/mol. The lowest BCUT2D eigenvalue weighted by Crippen LogP contribution is -2.44. The predicted octanol–water partition coefficient (Wildman–Crippen LogP) is 3.98. The molecule has 0 bridgehead atoms. The first-order valence-electron chi connectivity index (χ1n) is 7.74. The fraction of sp³-hybridized carbons (Fsp3) is 0.368. The molecule has 2 aromatic carbocycles. The predicted molar refractivity (Wildman–Crippen MR) is 84.9 cm³/mol. The van der Waals surface area contributed by atoms with Crippen LogP contribution >= 0.6 is 0 Å². The lowest BCUT2D eigenvalue weighted by molar-refractivity contribution is 0.300. The molecule has 0 unspecified atom stereocenters. The Morgan fingerprint density at radius 2 is 1.30 bits per heavy atom. The second kappa shape index (κ2) is 6.71. The van der Waals surface area contributed by atoms with E-state index in [0.29, 0.717) is 6.04 Å². The molecular weight excluding hydrogens is 242 g/mol. The number of nitrogens with one attached hydrogen (secondary N) is 1. The molecule has 0 atom stereocenters. The lowest BCUT2D eigenvalue weighted by Gasteiger charge is -2.32. The second-order valence-electron chi connectivity index (χ2n) is 5.87. The molecule has 1 heteroatoms. The summed E-state index contributed by atoms with van der Waals surface area (Å²) in [6, 6.07) is 23.0. The summed E-state index contributed by atoms with van der Waals surface area (Å²) in [7, 11) is 0. The Bertz CT molecular complexity index is 460. The van der Waals surface area contributed by atoms with Crippen LogP contribution in [0.1, 0.15) is 30.4 Å². The van der Waals surface area contributed by atoms with Crippen molar-refractivity contribution in [2.75, 3.05) is 0 Å². The molecule has 1 N–H and O–H groups in total. The molecule has 20 heavy (non-hydrogen) atoms. The van der Waals surface area contributed by atoms with Gasteiger partial charge in [0.1, 0.15) is 0 Å². The Hall–Kier alpha value is -1.60. The third-order valence-electron chi connectivity index (χ3n) is 4.23. The van der Waals surface area contributed by atoms with Crippen molar-refractivity contribution in [3.63, 3.8) is 0 Å². The second-order valence-corrected chi connectivity index (χ2v) is 5.87. The van der Waals surface area contributed by atoms with Gasteiger partial charge < -0.3 is 5.32 Å². The quantitative estimate of drug-likeness (QED) is 0.833. The molecule has 1 nitrogen and oxygen atoms in total. The number of benzene rings is 2. The van der Waals surface area contributed by atoms with Crippen LogP contribution in [0.4, 0.5) is 0 Å². The van der Waals surface area contributed by atoms with Crippen molar-refractivity contribution in [3.05, 3.63) is 71.8 Å². The van der Waals surface area contributed by atoms with Gasteiger partial charge in [-0.1, -0.05) is 67.1 Å². The Labute approximate surface area is 122 Å². The molecular formula is C19H23N. The van der Waals surface area contributed by atoms with Gasteiger partial charge in [-0.15, -0.1) is 0 Å². The Balaban J connectivity index is 1.66. The summed E-state index contributed by atoms with van der Waals surface area (Å²) in [4.78, 5) is 0. The van der Waals surface area contributed by atoms with Crippen molar-refractivity contribution >= 4 is 0 Å². The van der Waals surface area contributed by atoms with Crippen LogP contribution in [-0.2, 0) is 12.8 Å². The summed E-state index contributed by atoms with van der Waals surface area (Å²) >= 11 is 0. The van der Waals surface area contributed by atoms with Crippen molar-refractivity contribution in [1.82, 2.24) is 5.32 Å². The first-order valence-corrected chi connectivity index (χ1v) is 7.74. The van der Waals surface area contributed by atoms with Crippen LogP contribution in [0, 0.1) is 0 Å². The standard InChI is InChI=1S/C19H23N/c1-3-8-16(9-4-1)14-19(20-18-12-7-13-18)15-17-10-5-2-6-11-17/h1-6,8-11,18-20H,7,12-15H2. The maximum Gasteiger partial charge on any atom is 0.0150 e. The van der Waals surface area contributed by atoms with E-state index in [2.05, 4.69) is 66.0 Å². The van der Waals surface area contributed by atoms with Crippen molar-refractivity contribution < 1.29 is 0 Å². The first kappa shape index (κ1) is 13.4. The molecule has 1 fully saturated rings. The molecule has 1 saturated carbocycles. The van der Waals surface area contributed by atoms with Crippen LogP contribution < -0.4 is 5.32 Å². The van der Waals surface area contributed by atoms with Crippen molar-refractivity contribution in [2.45, 2.75) is 44.2 Å². The van der Waals surface area contributed by atoms with Crippen LogP contribution in [0.5, 0.6) is 0 Å². The number of rotatable bonds is 6. The molecule has 2 aromatic rings. The molecule has 0 spiro atoms. The Kier molecular flexibility index (Phi) is 4.49. The summed E-state index contributed by atoms with van der Waals surface area (Å²) in [6.45, 7) is 0. The van der Waals surface area contributed by atoms with Crippen LogP contribution in [0.15, 0.2) is 60.7 Å². The van der Waals surface area contributed by atoms with E-state index in [0.717, 1.165) is 18.9 Å². The highest BCUT2D eigenvalue weighted by Crippen LogP contribution is 2.20. The van der Waals surface area contributed by atoms with Gasteiger partial charge in [0, 0.05) is 12.1 Å². The SMILES string of the molecule is c1ccc(CC(Cc2ccccc2)NC2CCC2)cc1. The molecule has 0 aliphatic heterocycles. The number of hydrogen-bond acceptors (Lipinski definition) is 1. The van der Waals surface area contributed by atoms with Gasteiger partial charge >= 0.3 is 0 Å². The van der Waals surface area contributed by atoms with Crippen molar-refractivity contribution in [3.8, 4) is 0 Å². The Morgan fingerprint density at radius 1 is 0.800 bits per heavy atom. The van der Waals surface area contributed by atoms with Gasteiger partial charge in [-0.2, -0.15) is 0 Å². The number of hydrogen-bond donors (Lipinski definition) is 1. The fourth-order valence-electron chi connectivity index (χ4n) is 2.90. The van der Waals surface area contributed by atoms with E-state index < -0.39 is 0 Å². The highest BCUT2D eigenvalue weighted by molar-refractivity contribution is 5.19. The summed E-state index contributed by atoms with van der Waals surface area (Å²) in [5.74, 6) is 0. The third kappa shape index (κ3) is 3.71. The van der Waals surface area contributed by atoms with E-state index >= 15 is 0 Å². The smallest absolute Gasteiger partial charge is 0.0150 e. The molecule has 1 aliphatic carbocycles. The minimum Gasteiger partial charge on any atom is -0.311 e. The van der Waals surface area contributed by atoms with Gasteiger partial charge in [0.15, 0.2) is 0 Å². The van der Waals surface area contributed by atoms with Gasteiger partial charge in [0.05, 0.1) is 0 Å². The molecule has 3 rings (SSSR count). The van der Waals surface area contributed by atoms with Gasteiger partial charge in [-0.25, -0.2) is 0 Å². The summed E-state index contributed by atoms with van der Waals surface area (Å²) in [5, 5.41) is 3.85. The Morgan fingerprint density at radius 3 is 1.70 bits per heavy atom. The van der Waals surface area contributed by atoms with E-state index in [4.69, 9.17) is 0 Å². The van der Waals surface area contributed by atoms with Crippen molar-refractivity contribution in [1.29, 1.82) is 0 Å². The normalized spacial score (nSPS) is 15.2. The lowest BCUT2D eigenvalue weighted by atomic mass is 9.90. The van der Waals surface area contributed by atoms with Gasteiger partial charge in [-0.05, 0) is 36.8 Å². The van der Waals surface area contributed by atoms with E-state index in [1.54, 1.807) is 0 Å². The van der Waals surface area contributed by atoms with E-state index in [1.165, 1.54) is 30.4 Å². The largest absolute Gasteiger partial charge is 0.311 e. The summed E-state index contributed by atoms with van der Waals surface area (Å²) in [6.07, 6.45) is 6.32. The zero-order valence-corrected chi connectivity index (χ0v) is 12.0. The van der Waals surface area contributed by atoms with Gasteiger partial charge in [0.25, 0.3) is 0 Å². The van der Waals surface area contributed by atoms with Crippen LogP contribution in [-0.4, -0.2) is 12.1 Å². The minimum atomic E-state index is 0.546. The van der Waals surface area contributed by atoms with Crippen LogP contribution in [0.25, 0.3) is 0 Å². The molecule has 1 aliphatic rings. The zero-order chi connectivity index (χ0) is 13.6. The van der Waals surface area contributed by atoms with Gasteiger partial charge in [0.2, 0.25) is 0 Å². The van der Waals surface area contributed by atoms with Crippen LogP contribution in [0.3, 0.4) is 0 Å². The molecule has 0 aromatic heterocycles. The third-order valence-corrected chi connectivity index (χ3v) is 4.23. The zero-order valence-electron chi connectivity index (χ0n) is 12.0. The molecule has 0 amide bonds. The maximum atomic E-state index is 3.85. The fourth-order valence-corrected chi connectivity index (χ4v) is 2.90. The van der Waals surface area contributed by atoms with Crippen LogP contribution in [0.2, 0.25) is 0 Å². The summed E-state index contributed by atoms with van der Waals surface area (Å²) < 4.78 is 0. The highest BCUT2D eigenvalue weighted by atomic mass is 15.0. The van der Waals surface area contributed by atoms with Gasteiger partial charge in [-0.3, -0.25) is 0 Å². The van der Waals surface area contributed by atoms with E-state index in [1.807, 2.05) is 0 Å². The maximum absolute atomic E-state index is 3.85. The monoisotopic (exact) mass is 265 g/mol. The van der Waals surface area contributed by atoms with Crippen molar-refractivity contribution in [2.24, 2.45) is 0 Å². The minimum absolute atomic E-state index is 0.546. The van der Waals surface area contributed by atoms with E-state index in [-0.39, 0.29) is 0 Å². The topological polar surface area (TPSA) is 12.0 Å². The first-order chi connectivity index (χ1) is 9.90. The molecule has 104 valence electrons. The highest BCUT2D eigenvalue weighted by Gasteiger charge is 2.21. The van der Waals surface area contributed by atoms with E-state index in [9.17, 15) is 0 Å². The molecule has 0 heterocycles. The molecule has 0 radical (unpaired) electrons.